The molecular formula is C13H15F3N2O. The van der Waals surface area contributed by atoms with Crippen LogP contribution in [0, 0.1) is 23.4 Å². The van der Waals surface area contributed by atoms with Gasteiger partial charge in [0, 0.05) is 24.1 Å². The number of halogens is 3. The Balaban J connectivity index is 2.10. The summed E-state index contributed by atoms with van der Waals surface area (Å²) in [6.45, 7) is 2.64. The van der Waals surface area contributed by atoms with Gasteiger partial charge in [0.05, 0.1) is 5.69 Å². The lowest BCUT2D eigenvalue weighted by atomic mass is 9.92. The van der Waals surface area contributed by atoms with Gasteiger partial charge in [-0.25, -0.2) is 13.2 Å². The number of anilines is 1. The summed E-state index contributed by atoms with van der Waals surface area (Å²) in [5.41, 5.74) is -0.450. The van der Waals surface area contributed by atoms with E-state index in [1.165, 1.54) is 0 Å². The fourth-order valence-electron chi connectivity index (χ4n) is 2.25. The molecule has 1 aliphatic rings. The van der Waals surface area contributed by atoms with Crippen LogP contribution in [-0.4, -0.2) is 18.5 Å². The molecule has 104 valence electrons. The summed E-state index contributed by atoms with van der Waals surface area (Å²) >= 11 is 0. The van der Waals surface area contributed by atoms with Gasteiger partial charge in [0.2, 0.25) is 5.91 Å². The molecule has 2 unspecified atom stereocenters. The standard InChI is InChI=1S/C13H15F3N2O/c1-7-4-8(2-3-17-7)13(19)18-11-6-9(14)5-10(15)12(11)16/h5-8,17H,2-4H2,1H3,(H,18,19). The molecule has 0 saturated carbocycles. The molecule has 0 radical (unpaired) electrons. The van der Waals surface area contributed by atoms with Crippen LogP contribution < -0.4 is 10.6 Å². The van der Waals surface area contributed by atoms with Gasteiger partial charge in [0.1, 0.15) is 5.82 Å². The van der Waals surface area contributed by atoms with Crippen LogP contribution in [0.5, 0.6) is 0 Å². The van der Waals surface area contributed by atoms with E-state index in [1.807, 2.05) is 6.92 Å². The molecular weight excluding hydrogens is 257 g/mol. The maximum absolute atomic E-state index is 13.4. The Morgan fingerprint density at radius 1 is 1.37 bits per heavy atom. The zero-order valence-corrected chi connectivity index (χ0v) is 10.5. The summed E-state index contributed by atoms with van der Waals surface area (Å²) in [6.07, 6.45) is 1.24. The second kappa shape index (κ2) is 5.61. The molecule has 2 atom stereocenters. The molecule has 1 amide bonds. The zero-order chi connectivity index (χ0) is 14.0. The Kier molecular flexibility index (Phi) is 4.09. The molecule has 0 spiro atoms. The maximum Gasteiger partial charge on any atom is 0.227 e. The minimum absolute atomic E-state index is 0.193. The quantitative estimate of drug-likeness (QED) is 0.812. The van der Waals surface area contributed by atoms with E-state index in [-0.39, 0.29) is 12.0 Å². The molecule has 0 aromatic heterocycles. The highest BCUT2D eigenvalue weighted by Gasteiger charge is 2.25. The molecule has 1 fully saturated rings. The highest BCUT2D eigenvalue weighted by molar-refractivity contribution is 5.92. The lowest BCUT2D eigenvalue weighted by Gasteiger charge is -2.27. The van der Waals surface area contributed by atoms with Crippen LogP contribution >= 0.6 is 0 Å². The van der Waals surface area contributed by atoms with Crippen LogP contribution in [0.2, 0.25) is 0 Å². The van der Waals surface area contributed by atoms with Crippen LogP contribution in [0.15, 0.2) is 12.1 Å². The average Bonchev–Trinajstić information content (AvgIpc) is 2.35. The lowest BCUT2D eigenvalue weighted by molar-refractivity contribution is -0.120. The van der Waals surface area contributed by atoms with Crippen molar-refractivity contribution in [2.45, 2.75) is 25.8 Å². The minimum atomic E-state index is -1.31. The van der Waals surface area contributed by atoms with Crippen LogP contribution in [0.4, 0.5) is 18.9 Å². The fraction of sp³-hybridized carbons (Fsp3) is 0.462. The van der Waals surface area contributed by atoms with Crippen molar-refractivity contribution >= 4 is 11.6 Å². The second-order valence-electron chi connectivity index (χ2n) is 4.81. The van der Waals surface area contributed by atoms with Crippen molar-refractivity contribution in [1.82, 2.24) is 5.32 Å². The van der Waals surface area contributed by atoms with Gasteiger partial charge in [0.15, 0.2) is 11.6 Å². The lowest BCUT2D eigenvalue weighted by Crippen LogP contribution is -2.40. The van der Waals surface area contributed by atoms with E-state index in [2.05, 4.69) is 10.6 Å². The first kappa shape index (κ1) is 13.9. The predicted octanol–water partition coefficient (Wildman–Crippen LogP) is 2.43. The molecule has 0 aliphatic carbocycles. The van der Waals surface area contributed by atoms with Crippen molar-refractivity contribution in [2.24, 2.45) is 5.92 Å². The van der Waals surface area contributed by atoms with E-state index < -0.39 is 29.0 Å². The van der Waals surface area contributed by atoms with Crippen LogP contribution in [-0.2, 0) is 4.79 Å². The largest absolute Gasteiger partial charge is 0.323 e. The third-order valence-electron chi connectivity index (χ3n) is 3.25. The molecule has 2 rings (SSSR count). The Morgan fingerprint density at radius 3 is 2.79 bits per heavy atom. The highest BCUT2D eigenvalue weighted by atomic mass is 19.2. The van der Waals surface area contributed by atoms with Gasteiger partial charge < -0.3 is 10.6 Å². The summed E-state index contributed by atoms with van der Waals surface area (Å²) < 4.78 is 39.4. The van der Waals surface area contributed by atoms with Crippen molar-refractivity contribution in [2.75, 3.05) is 11.9 Å². The molecule has 1 saturated heterocycles. The van der Waals surface area contributed by atoms with E-state index in [4.69, 9.17) is 0 Å². The number of carbonyl (C=O) groups is 1. The van der Waals surface area contributed by atoms with Crippen molar-refractivity contribution in [1.29, 1.82) is 0 Å². The number of benzene rings is 1. The summed E-state index contributed by atoms with van der Waals surface area (Å²) in [4.78, 5) is 11.9. The van der Waals surface area contributed by atoms with Gasteiger partial charge in [-0.3, -0.25) is 4.79 Å². The van der Waals surface area contributed by atoms with Crippen LogP contribution in [0.3, 0.4) is 0 Å². The number of piperidine rings is 1. The number of amides is 1. The SMILES string of the molecule is CC1CC(C(=O)Nc2cc(F)cc(F)c2F)CCN1. The van der Waals surface area contributed by atoms with Crippen LogP contribution in [0.25, 0.3) is 0 Å². The summed E-state index contributed by atoms with van der Waals surface area (Å²) in [5, 5.41) is 5.45. The fourth-order valence-corrected chi connectivity index (χ4v) is 2.25. The molecule has 1 heterocycles. The van der Waals surface area contributed by atoms with Gasteiger partial charge in [0.25, 0.3) is 0 Å². The molecule has 3 nitrogen and oxygen atoms in total. The maximum atomic E-state index is 13.4. The summed E-state index contributed by atoms with van der Waals surface area (Å²) in [5.74, 6) is -4.15. The van der Waals surface area contributed by atoms with Gasteiger partial charge >= 0.3 is 0 Å². The number of rotatable bonds is 2. The third kappa shape index (κ3) is 3.26. The van der Waals surface area contributed by atoms with E-state index in [0.29, 0.717) is 25.5 Å². The first-order valence-corrected chi connectivity index (χ1v) is 6.16. The zero-order valence-electron chi connectivity index (χ0n) is 10.5. The topological polar surface area (TPSA) is 41.1 Å². The van der Waals surface area contributed by atoms with E-state index in [1.54, 1.807) is 0 Å². The van der Waals surface area contributed by atoms with Gasteiger partial charge in [-0.05, 0) is 26.3 Å². The number of carbonyl (C=O) groups excluding carboxylic acids is 1. The van der Waals surface area contributed by atoms with Crippen molar-refractivity contribution in [3.8, 4) is 0 Å². The second-order valence-corrected chi connectivity index (χ2v) is 4.81. The Labute approximate surface area is 109 Å². The van der Waals surface area contributed by atoms with E-state index in [0.717, 1.165) is 6.07 Å². The Bertz CT molecular complexity index is 493. The normalized spacial score (nSPS) is 23.2. The monoisotopic (exact) mass is 272 g/mol. The first-order chi connectivity index (χ1) is 8.97. The molecule has 1 aliphatic heterocycles. The Hall–Kier alpha value is -1.56. The molecule has 19 heavy (non-hydrogen) atoms. The molecule has 0 bridgehead atoms. The third-order valence-corrected chi connectivity index (χ3v) is 3.25. The number of nitrogens with one attached hydrogen (secondary N) is 2. The van der Waals surface area contributed by atoms with Crippen molar-refractivity contribution in [3.05, 3.63) is 29.6 Å². The molecule has 6 heteroatoms. The van der Waals surface area contributed by atoms with Crippen molar-refractivity contribution < 1.29 is 18.0 Å². The Morgan fingerprint density at radius 2 is 2.11 bits per heavy atom. The van der Waals surface area contributed by atoms with E-state index in [9.17, 15) is 18.0 Å². The van der Waals surface area contributed by atoms with Gasteiger partial charge in [-0.1, -0.05) is 0 Å². The average molecular weight is 272 g/mol. The number of hydrogen-bond acceptors (Lipinski definition) is 2. The number of hydrogen-bond donors (Lipinski definition) is 2. The summed E-state index contributed by atoms with van der Waals surface area (Å²) in [6, 6.07) is 1.41. The van der Waals surface area contributed by atoms with Crippen LogP contribution in [0.1, 0.15) is 19.8 Å². The minimum Gasteiger partial charge on any atom is -0.323 e. The highest BCUT2D eigenvalue weighted by Crippen LogP contribution is 2.22. The van der Waals surface area contributed by atoms with Gasteiger partial charge in [-0.15, -0.1) is 0 Å². The van der Waals surface area contributed by atoms with E-state index >= 15 is 0 Å². The molecule has 1 aromatic rings. The summed E-state index contributed by atoms with van der Waals surface area (Å²) in [7, 11) is 0. The molecule has 1 aromatic carbocycles. The predicted molar refractivity (Wildman–Crippen MR) is 65.1 cm³/mol. The van der Waals surface area contributed by atoms with Crippen molar-refractivity contribution in [3.63, 3.8) is 0 Å². The molecule has 2 N–H and O–H groups in total. The van der Waals surface area contributed by atoms with Gasteiger partial charge in [-0.2, -0.15) is 0 Å². The first-order valence-electron chi connectivity index (χ1n) is 6.16. The smallest absolute Gasteiger partial charge is 0.227 e.